The van der Waals surface area contributed by atoms with Crippen molar-refractivity contribution in [3.05, 3.63) is 29.8 Å². The van der Waals surface area contributed by atoms with Crippen LogP contribution in [0.4, 0.5) is 19.0 Å². The normalized spacial score (nSPS) is 11.6. The van der Waals surface area contributed by atoms with E-state index in [1.54, 1.807) is 7.05 Å². The van der Waals surface area contributed by atoms with Crippen LogP contribution >= 0.6 is 0 Å². The van der Waals surface area contributed by atoms with Crippen molar-refractivity contribution in [2.75, 3.05) is 12.8 Å². The van der Waals surface area contributed by atoms with Crippen LogP contribution in [0.1, 0.15) is 5.56 Å². The van der Waals surface area contributed by atoms with Crippen LogP contribution in [0.5, 0.6) is 5.75 Å². The second-order valence-corrected chi connectivity index (χ2v) is 3.99. The minimum atomic E-state index is -4.42. The van der Waals surface area contributed by atoms with Gasteiger partial charge in [-0.15, -0.1) is 0 Å². The first kappa shape index (κ1) is 13.3. The number of hydrogen-bond donors (Lipinski definition) is 1. The molecule has 0 radical (unpaired) electrons. The van der Waals surface area contributed by atoms with E-state index in [0.717, 1.165) is 12.1 Å². The van der Waals surface area contributed by atoms with Gasteiger partial charge >= 0.3 is 6.18 Å². The summed E-state index contributed by atoms with van der Waals surface area (Å²) in [6, 6.07) is 4.73. The number of halogens is 3. The van der Waals surface area contributed by atoms with Crippen LogP contribution in [0.3, 0.4) is 0 Å². The van der Waals surface area contributed by atoms with E-state index < -0.39 is 11.7 Å². The number of rotatable bonds is 2. The van der Waals surface area contributed by atoms with Crippen LogP contribution in [0, 0.1) is 0 Å². The molecule has 0 unspecified atom stereocenters. The number of alkyl halides is 3. The zero-order valence-electron chi connectivity index (χ0n) is 10.3. The fraction of sp³-hybridized carbons (Fsp3) is 0.250. The van der Waals surface area contributed by atoms with Crippen molar-refractivity contribution in [1.82, 2.24) is 9.78 Å². The van der Waals surface area contributed by atoms with Gasteiger partial charge < -0.3 is 10.5 Å². The van der Waals surface area contributed by atoms with Crippen molar-refractivity contribution in [1.29, 1.82) is 0 Å². The molecule has 0 aliphatic carbocycles. The zero-order valence-corrected chi connectivity index (χ0v) is 10.3. The molecule has 1 aromatic carbocycles. The number of hydrogen-bond acceptors (Lipinski definition) is 3. The predicted octanol–water partition coefficient (Wildman–Crippen LogP) is 2.70. The average Bonchev–Trinajstić information content (AvgIpc) is 2.67. The smallest absolute Gasteiger partial charge is 0.416 e. The molecule has 19 heavy (non-hydrogen) atoms. The summed E-state index contributed by atoms with van der Waals surface area (Å²) < 4.78 is 44.6. The van der Waals surface area contributed by atoms with Crippen molar-refractivity contribution in [3.63, 3.8) is 0 Å². The molecule has 0 aliphatic rings. The van der Waals surface area contributed by atoms with E-state index in [1.807, 2.05) is 0 Å². The summed E-state index contributed by atoms with van der Waals surface area (Å²) in [4.78, 5) is 0. The zero-order chi connectivity index (χ0) is 14.2. The van der Waals surface area contributed by atoms with Crippen molar-refractivity contribution in [2.24, 2.45) is 7.05 Å². The summed E-state index contributed by atoms with van der Waals surface area (Å²) in [6.45, 7) is 0. The molecule has 0 aliphatic heterocycles. The van der Waals surface area contributed by atoms with Gasteiger partial charge in [0.05, 0.1) is 18.4 Å². The molecule has 2 aromatic rings. The summed E-state index contributed by atoms with van der Waals surface area (Å²) in [5.41, 5.74) is 5.46. The van der Waals surface area contributed by atoms with E-state index >= 15 is 0 Å². The van der Waals surface area contributed by atoms with Crippen molar-refractivity contribution in [3.8, 4) is 17.0 Å². The molecule has 4 nitrogen and oxygen atoms in total. The Balaban J connectivity index is 2.59. The van der Waals surface area contributed by atoms with Crippen molar-refractivity contribution >= 4 is 5.82 Å². The maximum Gasteiger partial charge on any atom is 0.416 e. The maximum atomic E-state index is 12.7. The lowest BCUT2D eigenvalue weighted by Gasteiger charge is -2.11. The Bertz CT molecular complexity index is 585. The first-order chi connectivity index (χ1) is 8.82. The second kappa shape index (κ2) is 4.49. The molecule has 1 heterocycles. The molecule has 102 valence electrons. The Morgan fingerprint density at radius 1 is 1.26 bits per heavy atom. The van der Waals surface area contributed by atoms with E-state index in [4.69, 9.17) is 10.5 Å². The molecule has 2 N–H and O–H groups in total. The second-order valence-electron chi connectivity index (χ2n) is 3.99. The van der Waals surface area contributed by atoms with Crippen LogP contribution in [-0.4, -0.2) is 16.9 Å². The lowest BCUT2D eigenvalue weighted by atomic mass is 10.1. The van der Waals surface area contributed by atoms with Gasteiger partial charge in [0.1, 0.15) is 11.6 Å². The highest BCUT2D eigenvalue weighted by Crippen LogP contribution is 2.36. The molecular formula is C12H12F3N3O. The first-order valence-electron chi connectivity index (χ1n) is 5.38. The molecule has 0 saturated carbocycles. The van der Waals surface area contributed by atoms with Crippen molar-refractivity contribution < 1.29 is 17.9 Å². The van der Waals surface area contributed by atoms with Crippen LogP contribution in [0.2, 0.25) is 0 Å². The van der Waals surface area contributed by atoms with E-state index in [1.165, 1.54) is 23.9 Å². The first-order valence-corrected chi connectivity index (χ1v) is 5.38. The largest absolute Gasteiger partial charge is 0.496 e. The van der Waals surface area contributed by atoms with Gasteiger partial charge in [-0.3, -0.25) is 4.68 Å². The molecule has 0 saturated heterocycles. The van der Waals surface area contributed by atoms with E-state index in [9.17, 15) is 13.2 Å². The molecule has 7 heteroatoms. The molecule has 0 amide bonds. The molecule has 0 spiro atoms. The number of nitrogens with two attached hydrogens (primary N) is 1. The highest BCUT2D eigenvalue weighted by Gasteiger charge is 2.31. The third-order valence-corrected chi connectivity index (χ3v) is 2.72. The highest BCUT2D eigenvalue weighted by molar-refractivity contribution is 5.70. The van der Waals surface area contributed by atoms with Crippen LogP contribution in [0.15, 0.2) is 24.3 Å². The summed E-state index contributed by atoms with van der Waals surface area (Å²) >= 11 is 0. The quantitative estimate of drug-likeness (QED) is 0.913. The standard InChI is InChI=1S/C12H12F3N3O/c1-18-11(16)6-9(17-18)8-5-7(12(13,14)15)3-4-10(8)19-2/h3-6H,16H2,1-2H3. The summed E-state index contributed by atoms with van der Waals surface area (Å²) in [7, 11) is 3.00. The van der Waals surface area contributed by atoms with Crippen LogP contribution in [-0.2, 0) is 13.2 Å². The predicted molar refractivity (Wildman–Crippen MR) is 64.6 cm³/mol. The number of aryl methyl sites for hydroxylation is 1. The number of ether oxygens (including phenoxy) is 1. The van der Waals surface area contributed by atoms with Gasteiger partial charge in [0.15, 0.2) is 0 Å². The SMILES string of the molecule is COc1ccc(C(F)(F)F)cc1-c1cc(N)n(C)n1. The summed E-state index contributed by atoms with van der Waals surface area (Å²) in [5.74, 6) is 0.667. The number of benzene rings is 1. The molecule has 0 atom stereocenters. The number of methoxy groups -OCH3 is 1. The number of nitrogen functional groups attached to an aromatic ring is 1. The van der Waals surface area contributed by atoms with Crippen molar-refractivity contribution in [2.45, 2.75) is 6.18 Å². The van der Waals surface area contributed by atoms with Gasteiger partial charge in [0, 0.05) is 18.7 Å². The Labute approximate surface area is 107 Å². The fourth-order valence-corrected chi connectivity index (χ4v) is 1.70. The van der Waals surface area contributed by atoms with E-state index in [-0.39, 0.29) is 5.56 Å². The highest BCUT2D eigenvalue weighted by atomic mass is 19.4. The van der Waals surface area contributed by atoms with Crippen LogP contribution < -0.4 is 10.5 Å². The van der Waals surface area contributed by atoms with E-state index in [0.29, 0.717) is 17.3 Å². The number of aromatic nitrogens is 2. The van der Waals surface area contributed by atoms with Gasteiger partial charge in [-0.25, -0.2) is 0 Å². The summed E-state index contributed by atoms with van der Waals surface area (Å²) in [5, 5.41) is 4.06. The van der Waals surface area contributed by atoms with Gasteiger partial charge in [-0.1, -0.05) is 0 Å². The van der Waals surface area contributed by atoms with E-state index in [2.05, 4.69) is 5.10 Å². The lowest BCUT2D eigenvalue weighted by molar-refractivity contribution is -0.137. The van der Waals surface area contributed by atoms with Gasteiger partial charge in [0.2, 0.25) is 0 Å². The van der Waals surface area contributed by atoms with Crippen LogP contribution in [0.25, 0.3) is 11.3 Å². The Kier molecular flexibility index (Phi) is 3.13. The number of nitrogens with zero attached hydrogens (tertiary/aromatic N) is 2. The lowest BCUT2D eigenvalue weighted by Crippen LogP contribution is -2.05. The third-order valence-electron chi connectivity index (χ3n) is 2.72. The Morgan fingerprint density at radius 2 is 1.95 bits per heavy atom. The molecule has 0 fully saturated rings. The Morgan fingerprint density at radius 3 is 2.42 bits per heavy atom. The number of anilines is 1. The molecule has 1 aromatic heterocycles. The fourth-order valence-electron chi connectivity index (χ4n) is 1.70. The molecular weight excluding hydrogens is 259 g/mol. The monoisotopic (exact) mass is 271 g/mol. The molecule has 2 rings (SSSR count). The van der Waals surface area contributed by atoms with Gasteiger partial charge in [-0.05, 0) is 18.2 Å². The van der Waals surface area contributed by atoms with Gasteiger partial charge in [-0.2, -0.15) is 18.3 Å². The summed E-state index contributed by atoms with van der Waals surface area (Å²) in [6.07, 6.45) is -4.42. The minimum absolute atomic E-state index is 0.254. The minimum Gasteiger partial charge on any atom is -0.496 e. The topological polar surface area (TPSA) is 53.1 Å². The third kappa shape index (κ3) is 2.49. The maximum absolute atomic E-state index is 12.7. The average molecular weight is 271 g/mol. The molecule has 0 bridgehead atoms. The Hall–Kier alpha value is -2.18. The van der Waals surface area contributed by atoms with Gasteiger partial charge in [0.25, 0.3) is 0 Å².